The fourth-order valence-corrected chi connectivity index (χ4v) is 3.39. The molecule has 1 N–H and O–H groups in total. The molecule has 0 saturated heterocycles. The van der Waals surface area contributed by atoms with Crippen LogP contribution < -0.4 is 0 Å². The number of nitrogens with one attached hydrogen (secondary N) is 1. The maximum atomic E-state index is 5.47. The number of pyridine rings is 1. The molecule has 0 radical (unpaired) electrons. The smallest absolute Gasteiger partial charge is 0.200 e. The van der Waals surface area contributed by atoms with E-state index >= 15 is 0 Å². The largest absolute Gasteiger partial charge is 0.267 e. The van der Waals surface area contributed by atoms with Gasteiger partial charge in [-0.2, -0.15) is 10.2 Å². The van der Waals surface area contributed by atoms with E-state index in [1.54, 1.807) is 11.0 Å². The monoisotopic (exact) mass is 385 g/mol. The van der Waals surface area contributed by atoms with Gasteiger partial charge in [-0.3, -0.25) is 9.67 Å². The summed E-state index contributed by atoms with van der Waals surface area (Å²) in [6, 6.07) is 20.1. The maximum Gasteiger partial charge on any atom is 0.200 e. The van der Waals surface area contributed by atoms with Crippen molar-refractivity contribution in [2.45, 2.75) is 6.54 Å². The van der Waals surface area contributed by atoms with E-state index in [2.05, 4.69) is 20.3 Å². The van der Waals surface area contributed by atoms with Crippen molar-refractivity contribution < 1.29 is 0 Å². The predicted octanol–water partition coefficient (Wildman–Crippen LogP) is 3.78. The van der Waals surface area contributed by atoms with Crippen molar-refractivity contribution in [1.82, 2.24) is 34.5 Å². The van der Waals surface area contributed by atoms with E-state index in [1.807, 2.05) is 65.2 Å². The molecule has 0 fully saturated rings. The molecule has 5 aromatic rings. The molecular weight excluding hydrogens is 370 g/mol. The summed E-state index contributed by atoms with van der Waals surface area (Å²) in [5.74, 6) is 0.680. The van der Waals surface area contributed by atoms with E-state index in [4.69, 9.17) is 17.2 Å². The fourth-order valence-electron chi connectivity index (χ4n) is 3.15. The maximum absolute atomic E-state index is 5.47. The number of hydrogen-bond donors (Lipinski definition) is 1. The first-order chi connectivity index (χ1) is 13.8. The van der Waals surface area contributed by atoms with E-state index < -0.39 is 0 Å². The lowest BCUT2D eigenvalue weighted by Crippen LogP contribution is -2.02. The van der Waals surface area contributed by atoms with Crippen LogP contribution in [0.5, 0.6) is 0 Å². The van der Waals surface area contributed by atoms with Crippen LogP contribution in [0.3, 0.4) is 0 Å². The van der Waals surface area contributed by atoms with E-state index in [1.165, 1.54) is 6.33 Å². The molecule has 28 heavy (non-hydrogen) atoms. The third-order valence-corrected chi connectivity index (χ3v) is 4.78. The molecule has 136 valence electrons. The molecule has 2 aromatic carbocycles. The predicted molar refractivity (Wildman–Crippen MR) is 109 cm³/mol. The van der Waals surface area contributed by atoms with Gasteiger partial charge in [0.2, 0.25) is 0 Å². The summed E-state index contributed by atoms with van der Waals surface area (Å²) < 4.78 is 4.20. The topological polar surface area (TPSA) is 77.2 Å². The van der Waals surface area contributed by atoms with Crippen LogP contribution in [0.25, 0.3) is 28.1 Å². The zero-order valence-corrected chi connectivity index (χ0v) is 15.5. The summed E-state index contributed by atoms with van der Waals surface area (Å²) in [5, 5.41) is 12.5. The van der Waals surface area contributed by atoms with Gasteiger partial charge in [0.15, 0.2) is 10.6 Å². The lowest BCUT2D eigenvalue weighted by molar-refractivity contribution is 0.685. The Morgan fingerprint density at radius 2 is 1.82 bits per heavy atom. The number of fused-ring (bicyclic) bond motifs is 1. The van der Waals surface area contributed by atoms with Crippen molar-refractivity contribution in [2.24, 2.45) is 0 Å². The number of hydrogen-bond acceptors (Lipinski definition) is 5. The van der Waals surface area contributed by atoms with E-state index in [0.29, 0.717) is 17.1 Å². The quantitative estimate of drug-likeness (QED) is 0.476. The first kappa shape index (κ1) is 16.5. The molecule has 3 heterocycles. The third-order valence-electron chi connectivity index (χ3n) is 4.51. The van der Waals surface area contributed by atoms with Crippen LogP contribution in [0.4, 0.5) is 0 Å². The average Bonchev–Trinajstić information content (AvgIpc) is 3.38. The van der Waals surface area contributed by atoms with Gasteiger partial charge in [0.25, 0.3) is 0 Å². The fraction of sp³-hybridized carbons (Fsp3) is 0.0500. The standard InChI is InChI=1S/C20H15N7S/c28-20-25-24-19(18-10-7-15-3-1-2-4-17(15)23-18)27(20)16-8-5-14(6-9-16)11-26-13-21-12-22-26/h1-10,12-13H,11H2,(H,25,28). The number of rotatable bonds is 4. The van der Waals surface area contributed by atoms with E-state index in [-0.39, 0.29) is 0 Å². The van der Waals surface area contributed by atoms with Crippen molar-refractivity contribution >= 4 is 23.1 Å². The van der Waals surface area contributed by atoms with Crippen LogP contribution in [-0.2, 0) is 6.54 Å². The highest BCUT2D eigenvalue weighted by Gasteiger charge is 2.12. The Hall–Kier alpha value is -3.65. The number of para-hydroxylation sites is 1. The Labute approximate surface area is 165 Å². The van der Waals surface area contributed by atoms with Crippen LogP contribution in [0.1, 0.15) is 5.56 Å². The molecule has 8 heteroatoms. The van der Waals surface area contributed by atoms with Gasteiger partial charge in [-0.05, 0) is 42.0 Å². The summed E-state index contributed by atoms with van der Waals surface area (Å²) in [6.07, 6.45) is 3.23. The lowest BCUT2D eigenvalue weighted by Gasteiger charge is -2.08. The minimum Gasteiger partial charge on any atom is -0.267 e. The van der Waals surface area contributed by atoms with Crippen LogP contribution >= 0.6 is 12.2 Å². The molecule has 0 aliphatic heterocycles. The number of benzene rings is 2. The second-order valence-corrected chi connectivity index (χ2v) is 6.72. The first-order valence-corrected chi connectivity index (χ1v) is 9.14. The van der Waals surface area contributed by atoms with Gasteiger partial charge in [0, 0.05) is 5.39 Å². The van der Waals surface area contributed by atoms with Crippen molar-refractivity contribution in [3.8, 4) is 17.2 Å². The Morgan fingerprint density at radius 1 is 0.964 bits per heavy atom. The molecule has 0 unspecified atom stereocenters. The molecule has 0 aliphatic rings. The number of aromatic amines is 1. The minimum absolute atomic E-state index is 0.522. The Kier molecular flexibility index (Phi) is 4.02. The van der Waals surface area contributed by atoms with Crippen LogP contribution in [0.2, 0.25) is 0 Å². The number of nitrogens with zero attached hydrogens (tertiary/aromatic N) is 6. The van der Waals surface area contributed by atoms with Crippen LogP contribution in [0, 0.1) is 4.77 Å². The highest BCUT2D eigenvalue weighted by Crippen LogP contribution is 2.23. The molecule has 0 amide bonds. The van der Waals surface area contributed by atoms with Crippen molar-refractivity contribution in [1.29, 1.82) is 0 Å². The molecule has 5 rings (SSSR count). The van der Waals surface area contributed by atoms with Crippen molar-refractivity contribution in [3.05, 3.63) is 83.7 Å². The molecular formula is C20H15N7S. The van der Waals surface area contributed by atoms with Crippen molar-refractivity contribution in [2.75, 3.05) is 0 Å². The van der Waals surface area contributed by atoms with Gasteiger partial charge in [-0.25, -0.2) is 14.6 Å². The third kappa shape index (κ3) is 2.99. The Balaban J connectivity index is 1.53. The Morgan fingerprint density at radius 3 is 2.64 bits per heavy atom. The zero-order chi connectivity index (χ0) is 18.9. The highest BCUT2D eigenvalue weighted by molar-refractivity contribution is 7.71. The van der Waals surface area contributed by atoms with Gasteiger partial charge in [0.1, 0.15) is 18.3 Å². The molecule has 0 aliphatic carbocycles. The van der Waals surface area contributed by atoms with Gasteiger partial charge in [0.05, 0.1) is 17.7 Å². The van der Waals surface area contributed by atoms with Crippen molar-refractivity contribution in [3.63, 3.8) is 0 Å². The van der Waals surface area contributed by atoms with E-state index in [0.717, 1.165) is 27.8 Å². The molecule has 3 aromatic heterocycles. The van der Waals surface area contributed by atoms with Gasteiger partial charge >= 0.3 is 0 Å². The van der Waals surface area contributed by atoms with Crippen LogP contribution in [0.15, 0.2) is 73.3 Å². The zero-order valence-electron chi connectivity index (χ0n) is 14.7. The summed E-state index contributed by atoms with van der Waals surface area (Å²) in [5.41, 5.74) is 3.72. The summed E-state index contributed by atoms with van der Waals surface area (Å²) in [7, 11) is 0. The van der Waals surface area contributed by atoms with Gasteiger partial charge < -0.3 is 0 Å². The lowest BCUT2D eigenvalue weighted by atomic mass is 10.2. The summed E-state index contributed by atoms with van der Waals surface area (Å²) in [6.45, 7) is 0.663. The first-order valence-electron chi connectivity index (χ1n) is 8.73. The van der Waals surface area contributed by atoms with E-state index in [9.17, 15) is 0 Å². The molecule has 7 nitrogen and oxygen atoms in total. The molecule has 0 saturated carbocycles. The molecule has 0 atom stereocenters. The SMILES string of the molecule is S=c1[nH]nc(-c2ccc3ccccc3n2)n1-c1ccc(Cn2cncn2)cc1. The molecule has 0 spiro atoms. The van der Waals surface area contributed by atoms with Gasteiger partial charge in [-0.15, -0.1) is 0 Å². The second-order valence-electron chi connectivity index (χ2n) is 6.34. The summed E-state index contributed by atoms with van der Waals surface area (Å²) >= 11 is 5.47. The Bertz CT molecular complexity index is 1300. The second kappa shape index (κ2) is 6.82. The normalized spacial score (nSPS) is 11.1. The number of aromatic nitrogens is 7. The average molecular weight is 385 g/mol. The molecule has 0 bridgehead atoms. The highest BCUT2D eigenvalue weighted by atomic mass is 32.1. The summed E-state index contributed by atoms with van der Waals surface area (Å²) in [4.78, 5) is 8.71. The minimum atomic E-state index is 0.522. The van der Waals surface area contributed by atoms with Crippen LogP contribution in [-0.4, -0.2) is 34.5 Å². The number of H-pyrrole nitrogens is 1. The van der Waals surface area contributed by atoms with Gasteiger partial charge in [-0.1, -0.05) is 36.4 Å².